The Morgan fingerprint density at radius 3 is 2.50 bits per heavy atom. The first-order valence-electron chi connectivity index (χ1n) is 3.45. The second-order valence-electron chi connectivity index (χ2n) is 2.37. The molecule has 12 heavy (non-hydrogen) atoms. The number of benzene rings is 1. The van der Waals surface area contributed by atoms with Gasteiger partial charge in [-0.05, 0) is 31.3 Å². The second-order valence-corrected chi connectivity index (χ2v) is 2.56. The van der Waals surface area contributed by atoms with Crippen molar-refractivity contribution in [1.29, 1.82) is 0 Å². The summed E-state index contributed by atoms with van der Waals surface area (Å²) in [6.45, 7) is 1.95. The fourth-order valence-electron chi connectivity index (χ4n) is 0.801. The zero-order chi connectivity index (χ0) is 8.97. The lowest BCUT2D eigenvalue weighted by Gasteiger charge is -1.97. The minimum Gasteiger partial charge on any atom is -0.419 e. The second kappa shape index (κ2) is 3.97. The van der Waals surface area contributed by atoms with E-state index in [0.29, 0.717) is 5.56 Å². The molecule has 62 valence electrons. The molecule has 0 fully saturated rings. The smallest absolute Gasteiger partial charge is 0.343 e. The summed E-state index contributed by atoms with van der Waals surface area (Å²) in [6.07, 6.45) is 0. The summed E-state index contributed by atoms with van der Waals surface area (Å²) >= 11 is 4.39. The number of aryl methyl sites for hydroxylation is 1. The molecule has 0 N–H and O–H groups in total. The van der Waals surface area contributed by atoms with E-state index in [1.807, 2.05) is 19.1 Å². The van der Waals surface area contributed by atoms with E-state index in [0.717, 1.165) is 11.1 Å². The molecule has 0 atom stereocenters. The minimum absolute atomic E-state index is 0.412. The summed E-state index contributed by atoms with van der Waals surface area (Å²) in [5.41, 5.74) is 2.58. The van der Waals surface area contributed by atoms with Crippen LogP contribution in [0.1, 0.15) is 15.9 Å². The van der Waals surface area contributed by atoms with Gasteiger partial charge >= 0.3 is 5.97 Å². The van der Waals surface area contributed by atoms with Gasteiger partial charge < -0.3 is 4.74 Å². The van der Waals surface area contributed by atoms with Crippen LogP contribution in [0.25, 0.3) is 0 Å². The zero-order valence-electron chi connectivity index (χ0n) is 6.61. The zero-order valence-corrected chi connectivity index (χ0v) is 7.43. The molecular formula is C9H8O2S. The lowest BCUT2D eigenvalue weighted by Crippen LogP contribution is -2.01. The van der Waals surface area contributed by atoms with E-state index < -0.39 is 5.97 Å². The van der Waals surface area contributed by atoms with E-state index in [9.17, 15) is 4.79 Å². The molecule has 2 nitrogen and oxygen atoms in total. The van der Waals surface area contributed by atoms with Crippen molar-refractivity contribution in [2.75, 3.05) is 0 Å². The van der Waals surface area contributed by atoms with Crippen LogP contribution in [-0.2, 0) is 4.74 Å². The molecular weight excluding hydrogens is 172 g/mol. The van der Waals surface area contributed by atoms with Crippen molar-refractivity contribution >= 4 is 23.7 Å². The normalized spacial score (nSPS) is 9.08. The first-order valence-corrected chi connectivity index (χ1v) is 3.92. The number of thiocarbonyl (C=S) groups is 1. The van der Waals surface area contributed by atoms with E-state index in [4.69, 9.17) is 0 Å². The molecule has 0 aromatic heterocycles. The molecule has 1 rings (SSSR count). The summed E-state index contributed by atoms with van der Waals surface area (Å²) in [5, 5.41) is 0. The van der Waals surface area contributed by atoms with Crippen molar-refractivity contribution in [3.05, 3.63) is 35.4 Å². The molecule has 0 aliphatic rings. The van der Waals surface area contributed by atoms with Gasteiger partial charge in [0.15, 0.2) is 5.55 Å². The molecule has 0 amide bonds. The number of carbonyl (C=O) groups excluding carboxylic acids is 1. The Bertz CT molecular complexity index is 290. The monoisotopic (exact) mass is 180 g/mol. The van der Waals surface area contributed by atoms with Gasteiger partial charge in [-0.1, -0.05) is 17.7 Å². The van der Waals surface area contributed by atoms with Gasteiger partial charge in [-0.3, -0.25) is 0 Å². The van der Waals surface area contributed by atoms with Gasteiger partial charge in [0.05, 0.1) is 5.56 Å². The molecule has 3 heteroatoms. The lowest BCUT2D eigenvalue weighted by atomic mass is 10.2. The number of rotatable bonds is 2. The third-order valence-electron chi connectivity index (χ3n) is 1.44. The molecule has 0 bridgehead atoms. The number of carbonyl (C=O) groups is 1. The van der Waals surface area contributed by atoms with Crippen molar-refractivity contribution in [2.24, 2.45) is 0 Å². The van der Waals surface area contributed by atoms with Crippen molar-refractivity contribution in [2.45, 2.75) is 6.92 Å². The Balaban J connectivity index is 2.82. The van der Waals surface area contributed by atoms with E-state index in [-0.39, 0.29) is 0 Å². The number of hydrogen-bond donors (Lipinski definition) is 0. The number of esters is 1. The van der Waals surface area contributed by atoms with Gasteiger partial charge in [0, 0.05) is 0 Å². The Morgan fingerprint density at radius 2 is 2.00 bits per heavy atom. The Morgan fingerprint density at radius 1 is 1.42 bits per heavy atom. The highest BCUT2D eigenvalue weighted by Crippen LogP contribution is 2.03. The predicted octanol–water partition coefficient (Wildman–Crippen LogP) is 2.11. The van der Waals surface area contributed by atoms with Gasteiger partial charge in [-0.2, -0.15) is 0 Å². The highest BCUT2D eigenvalue weighted by molar-refractivity contribution is 7.78. The molecule has 0 saturated carbocycles. The van der Waals surface area contributed by atoms with E-state index in [1.165, 1.54) is 0 Å². The van der Waals surface area contributed by atoms with Gasteiger partial charge in [0.25, 0.3) is 0 Å². The Hall–Kier alpha value is -1.22. The van der Waals surface area contributed by atoms with Crippen LogP contribution in [0.15, 0.2) is 24.3 Å². The first kappa shape index (κ1) is 8.87. The Kier molecular flexibility index (Phi) is 2.94. The number of ether oxygens (including phenoxy) is 1. The molecule has 0 spiro atoms. The number of hydrogen-bond acceptors (Lipinski definition) is 3. The SMILES string of the molecule is Cc1ccc(C(=O)OC=S)cc1. The van der Waals surface area contributed by atoms with Crippen LogP contribution in [0.5, 0.6) is 0 Å². The van der Waals surface area contributed by atoms with E-state index in [1.54, 1.807) is 12.1 Å². The van der Waals surface area contributed by atoms with Crippen molar-refractivity contribution in [1.82, 2.24) is 0 Å². The molecule has 1 aromatic rings. The van der Waals surface area contributed by atoms with Crippen molar-refractivity contribution in [3.8, 4) is 0 Å². The average Bonchev–Trinajstić information content (AvgIpc) is 2.06. The predicted molar refractivity (Wildman–Crippen MR) is 50.2 cm³/mol. The summed E-state index contributed by atoms with van der Waals surface area (Å²) in [5.74, 6) is -0.412. The fraction of sp³-hybridized carbons (Fsp3) is 0.111. The largest absolute Gasteiger partial charge is 0.419 e. The van der Waals surface area contributed by atoms with Gasteiger partial charge in [0.1, 0.15) is 0 Å². The van der Waals surface area contributed by atoms with Crippen LogP contribution < -0.4 is 0 Å². The van der Waals surface area contributed by atoms with Gasteiger partial charge in [0.2, 0.25) is 0 Å². The Labute approximate surface area is 76.2 Å². The molecule has 0 radical (unpaired) electrons. The van der Waals surface area contributed by atoms with Crippen LogP contribution in [0, 0.1) is 6.92 Å². The summed E-state index contributed by atoms with van der Waals surface area (Å²) in [6, 6.07) is 7.10. The molecule has 0 unspecified atom stereocenters. The van der Waals surface area contributed by atoms with E-state index >= 15 is 0 Å². The molecule has 0 heterocycles. The van der Waals surface area contributed by atoms with Crippen molar-refractivity contribution in [3.63, 3.8) is 0 Å². The van der Waals surface area contributed by atoms with Gasteiger partial charge in [-0.15, -0.1) is 0 Å². The summed E-state index contributed by atoms with van der Waals surface area (Å²) in [4.78, 5) is 11.0. The van der Waals surface area contributed by atoms with Gasteiger partial charge in [-0.25, -0.2) is 4.79 Å². The van der Waals surface area contributed by atoms with Crippen LogP contribution in [0.3, 0.4) is 0 Å². The minimum atomic E-state index is -0.412. The lowest BCUT2D eigenvalue weighted by molar-refractivity contribution is 0.0732. The fourth-order valence-corrected chi connectivity index (χ4v) is 0.889. The highest BCUT2D eigenvalue weighted by atomic mass is 32.1. The van der Waals surface area contributed by atoms with Crippen LogP contribution in [-0.4, -0.2) is 11.5 Å². The maximum Gasteiger partial charge on any atom is 0.343 e. The molecule has 0 aliphatic carbocycles. The average molecular weight is 180 g/mol. The maximum atomic E-state index is 11.0. The van der Waals surface area contributed by atoms with E-state index in [2.05, 4.69) is 17.0 Å². The third-order valence-corrected chi connectivity index (χ3v) is 1.54. The molecule has 1 aromatic carbocycles. The summed E-state index contributed by atoms with van der Waals surface area (Å²) < 4.78 is 4.52. The standard InChI is InChI=1S/C9H8O2S/c1-7-2-4-8(5-3-7)9(10)11-6-12/h2-6H,1H3. The summed E-state index contributed by atoms with van der Waals surface area (Å²) in [7, 11) is 0. The maximum absolute atomic E-state index is 11.0. The van der Waals surface area contributed by atoms with Crippen LogP contribution >= 0.6 is 12.2 Å². The first-order chi connectivity index (χ1) is 5.74. The third kappa shape index (κ3) is 2.13. The molecule has 0 aliphatic heterocycles. The quantitative estimate of drug-likeness (QED) is 0.515. The van der Waals surface area contributed by atoms with Crippen LogP contribution in [0.4, 0.5) is 0 Å². The molecule has 0 saturated heterocycles. The highest BCUT2D eigenvalue weighted by Gasteiger charge is 2.03. The topological polar surface area (TPSA) is 26.3 Å². The van der Waals surface area contributed by atoms with Crippen LogP contribution in [0.2, 0.25) is 0 Å². The van der Waals surface area contributed by atoms with Crippen molar-refractivity contribution < 1.29 is 9.53 Å².